The minimum absolute atomic E-state index is 0.0292. The largest absolute Gasteiger partial charge is 0.451 e. The van der Waals surface area contributed by atoms with Gasteiger partial charge in [-0.3, -0.25) is 9.78 Å². The molecule has 5 rings (SSSR count). The predicted octanol–water partition coefficient (Wildman–Crippen LogP) is 4.77. The maximum Gasteiger partial charge on any atom is 0.451 e. The molecule has 2 aromatic heterocycles. The van der Waals surface area contributed by atoms with Gasteiger partial charge in [-0.15, -0.1) is 10.2 Å². The highest BCUT2D eigenvalue weighted by Crippen LogP contribution is 2.38. The molecular weight excluding hydrogens is 537 g/mol. The Morgan fingerprint density at radius 2 is 2.00 bits per heavy atom. The molecule has 1 amide bonds. The summed E-state index contributed by atoms with van der Waals surface area (Å²) in [6.07, 6.45) is -2.30. The number of hydrogen-bond donors (Lipinski definition) is 0. The van der Waals surface area contributed by atoms with E-state index in [0.29, 0.717) is 24.5 Å². The first-order chi connectivity index (χ1) is 16.1. The van der Waals surface area contributed by atoms with E-state index >= 15 is 0 Å². The van der Waals surface area contributed by atoms with Crippen molar-refractivity contribution in [3.63, 3.8) is 0 Å². The van der Waals surface area contributed by atoms with Crippen LogP contribution in [0.1, 0.15) is 25.0 Å². The minimum Gasteiger partial charge on any atom is -0.369 e. The maximum absolute atomic E-state index is 13.3. The van der Waals surface area contributed by atoms with Crippen molar-refractivity contribution in [2.45, 2.75) is 32.6 Å². The average Bonchev–Trinajstić information content (AvgIpc) is 3.22. The van der Waals surface area contributed by atoms with Crippen molar-refractivity contribution in [1.82, 2.24) is 24.6 Å². The smallest absolute Gasteiger partial charge is 0.369 e. The number of aromatic nitrogens is 4. The Labute approximate surface area is 207 Å². The summed E-state index contributed by atoms with van der Waals surface area (Å²) in [4.78, 5) is 21.5. The second-order valence-electron chi connectivity index (χ2n) is 8.78. The van der Waals surface area contributed by atoms with Gasteiger partial charge in [-0.2, -0.15) is 13.2 Å². The second kappa shape index (κ2) is 8.67. The highest BCUT2D eigenvalue weighted by molar-refractivity contribution is 9.10. The lowest BCUT2D eigenvalue weighted by atomic mass is 9.85. The third kappa shape index (κ3) is 4.13. The van der Waals surface area contributed by atoms with E-state index in [9.17, 15) is 18.0 Å². The summed E-state index contributed by atoms with van der Waals surface area (Å²) in [5, 5.41) is 8.48. The summed E-state index contributed by atoms with van der Waals surface area (Å²) in [6, 6.07) is 5.87. The van der Waals surface area contributed by atoms with Gasteiger partial charge in [0.1, 0.15) is 0 Å². The molecule has 7 nitrogen and oxygen atoms in total. The zero-order valence-corrected chi connectivity index (χ0v) is 20.5. The number of amides is 1. The van der Waals surface area contributed by atoms with Crippen LogP contribution in [-0.2, 0) is 24.1 Å². The first-order valence-electron chi connectivity index (χ1n) is 10.9. The van der Waals surface area contributed by atoms with E-state index in [0.717, 1.165) is 25.6 Å². The number of pyridine rings is 1. The number of rotatable bonds is 2. The lowest BCUT2D eigenvalue weighted by Crippen LogP contribution is -2.49. The summed E-state index contributed by atoms with van der Waals surface area (Å²) in [7, 11) is 0. The normalized spacial score (nSPS) is 21.1. The summed E-state index contributed by atoms with van der Waals surface area (Å²) in [6.45, 7) is 3.56. The van der Waals surface area contributed by atoms with Gasteiger partial charge in [0.05, 0.1) is 22.8 Å². The molecule has 2 aliphatic rings. The van der Waals surface area contributed by atoms with Crippen molar-refractivity contribution in [2.24, 2.45) is 11.8 Å². The molecule has 2 unspecified atom stereocenters. The van der Waals surface area contributed by atoms with Gasteiger partial charge in [-0.05, 0) is 30.5 Å². The lowest BCUT2D eigenvalue weighted by Gasteiger charge is -2.40. The van der Waals surface area contributed by atoms with Crippen molar-refractivity contribution < 1.29 is 18.0 Å². The fourth-order valence-electron chi connectivity index (χ4n) is 4.95. The van der Waals surface area contributed by atoms with Crippen molar-refractivity contribution in [3.8, 4) is 0 Å². The molecule has 1 aromatic carbocycles. The van der Waals surface area contributed by atoms with Gasteiger partial charge < -0.3 is 14.4 Å². The number of fused-ring (bicyclic) bond motifs is 2. The number of carbonyl (C=O) groups is 1. The van der Waals surface area contributed by atoms with Gasteiger partial charge in [-0.25, -0.2) is 0 Å². The lowest BCUT2D eigenvalue weighted by molar-refractivity contribution is -0.148. The van der Waals surface area contributed by atoms with Crippen LogP contribution in [0.25, 0.3) is 10.9 Å². The zero-order valence-electron chi connectivity index (χ0n) is 18.2. The first kappa shape index (κ1) is 23.3. The standard InChI is InChI=1S/C22H21BrClF3N6O/c1-12-10-31(19-15-3-2-13(23)8-17(15)28-9-16(19)24)5-4-14(12)20(34)32-6-7-33-18(11-32)29-30-21(33)22(25,26)27/h2-3,8-9,12,14H,4-7,10-11H2,1H3. The molecule has 3 aromatic rings. The number of hydrogen-bond acceptors (Lipinski definition) is 5. The molecule has 0 spiro atoms. The van der Waals surface area contributed by atoms with Crippen LogP contribution in [0.15, 0.2) is 28.9 Å². The number of benzene rings is 1. The average molecular weight is 558 g/mol. The van der Waals surface area contributed by atoms with Crippen LogP contribution in [0.2, 0.25) is 5.02 Å². The fourth-order valence-corrected chi connectivity index (χ4v) is 5.57. The van der Waals surface area contributed by atoms with Crippen molar-refractivity contribution >= 4 is 50.0 Å². The highest BCUT2D eigenvalue weighted by atomic mass is 79.9. The molecule has 0 N–H and O–H groups in total. The first-order valence-corrected chi connectivity index (χ1v) is 12.1. The SMILES string of the molecule is CC1CN(c2c(Cl)cnc3cc(Br)ccc23)CCC1C(=O)N1CCn2c(nnc2C(F)(F)F)C1. The van der Waals surface area contributed by atoms with E-state index in [1.165, 1.54) is 0 Å². The Morgan fingerprint density at radius 3 is 2.74 bits per heavy atom. The molecule has 0 bridgehead atoms. The molecule has 180 valence electrons. The van der Waals surface area contributed by atoms with Crippen LogP contribution in [0.4, 0.5) is 18.9 Å². The van der Waals surface area contributed by atoms with Crippen molar-refractivity contribution in [2.75, 3.05) is 24.5 Å². The summed E-state index contributed by atoms with van der Waals surface area (Å²) in [5.41, 5.74) is 1.73. The maximum atomic E-state index is 13.3. The third-order valence-electron chi connectivity index (χ3n) is 6.62. The Hall–Kier alpha value is -2.40. The van der Waals surface area contributed by atoms with Crippen molar-refractivity contribution in [1.29, 1.82) is 0 Å². The second-order valence-corrected chi connectivity index (χ2v) is 10.1. The van der Waals surface area contributed by atoms with Crippen LogP contribution in [0, 0.1) is 11.8 Å². The fraction of sp³-hybridized carbons (Fsp3) is 0.455. The molecule has 1 saturated heterocycles. The molecule has 0 saturated carbocycles. The monoisotopic (exact) mass is 556 g/mol. The number of nitrogens with zero attached hydrogens (tertiary/aromatic N) is 6. The minimum atomic E-state index is -4.56. The van der Waals surface area contributed by atoms with Crippen LogP contribution < -0.4 is 4.90 Å². The molecule has 0 radical (unpaired) electrons. The molecule has 2 aliphatic heterocycles. The zero-order chi connectivity index (χ0) is 24.2. The summed E-state index contributed by atoms with van der Waals surface area (Å²) < 4.78 is 41.3. The van der Waals surface area contributed by atoms with Gasteiger partial charge in [-0.1, -0.05) is 34.5 Å². The Bertz CT molecular complexity index is 1270. The quantitative estimate of drug-likeness (QED) is 0.454. The Morgan fingerprint density at radius 1 is 1.21 bits per heavy atom. The van der Waals surface area contributed by atoms with E-state index in [1.807, 2.05) is 25.1 Å². The molecule has 4 heterocycles. The predicted molar refractivity (Wildman–Crippen MR) is 124 cm³/mol. The Kier molecular flexibility index (Phi) is 5.96. The highest BCUT2D eigenvalue weighted by Gasteiger charge is 2.41. The van der Waals surface area contributed by atoms with Gasteiger partial charge in [0.25, 0.3) is 0 Å². The topological polar surface area (TPSA) is 67.2 Å². The molecule has 34 heavy (non-hydrogen) atoms. The van der Waals surface area contributed by atoms with Crippen molar-refractivity contribution in [3.05, 3.63) is 45.5 Å². The van der Waals surface area contributed by atoms with Crippen LogP contribution in [-0.4, -0.2) is 50.2 Å². The Balaban J connectivity index is 1.32. The van der Waals surface area contributed by atoms with Gasteiger partial charge in [0.15, 0.2) is 5.82 Å². The van der Waals surface area contributed by atoms with Gasteiger partial charge in [0.2, 0.25) is 11.7 Å². The molecule has 12 heteroatoms. The van der Waals surface area contributed by atoms with Crippen LogP contribution >= 0.6 is 27.5 Å². The molecule has 2 atom stereocenters. The number of piperidine rings is 1. The summed E-state index contributed by atoms with van der Waals surface area (Å²) in [5.74, 6) is -1.09. The molecule has 1 fully saturated rings. The van der Waals surface area contributed by atoms with Gasteiger partial charge >= 0.3 is 6.18 Å². The van der Waals surface area contributed by atoms with E-state index in [2.05, 4.69) is 36.0 Å². The molecule has 0 aliphatic carbocycles. The number of halogens is 5. The van der Waals surface area contributed by atoms with Crippen LogP contribution in [0.5, 0.6) is 0 Å². The third-order valence-corrected chi connectivity index (χ3v) is 7.39. The van der Waals surface area contributed by atoms with E-state index in [1.54, 1.807) is 11.1 Å². The van der Waals surface area contributed by atoms with Gasteiger partial charge in [0, 0.05) is 48.2 Å². The molecular formula is C22H21BrClF3N6O. The number of carbonyl (C=O) groups excluding carboxylic acids is 1. The van der Waals surface area contributed by atoms with Crippen LogP contribution in [0.3, 0.4) is 0 Å². The van der Waals surface area contributed by atoms with E-state index in [-0.39, 0.29) is 43.2 Å². The number of alkyl halides is 3. The van der Waals surface area contributed by atoms with E-state index in [4.69, 9.17) is 11.6 Å². The van der Waals surface area contributed by atoms with E-state index < -0.39 is 12.0 Å². The number of anilines is 1. The summed E-state index contributed by atoms with van der Waals surface area (Å²) >= 11 is 10.0.